The molecule has 0 aliphatic carbocycles. The molecule has 0 bridgehead atoms. The molecule has 0 aliphatic heterocycles. The van der Waals surface area contributed by atoms with Crippen molar-refractivity contribution in [2.45, 2.75) is 26.8 Å². The summed E-state index contributed by atoms with van der Waals surface area (Å²) in [5, 5.41) is 2.11. The quantitative estimate of drug-likeness (QED) is 0.794. The topological polar surface area (TPSA) is 29.3 Å². The van der Waals surface area contributed by atoms with Crippen LogP contribution in [0, 0.1) is 5.41 Å². The Hall–Kier alpha value is -0.450. The van der Waals surface area contributed by atoms with Gasteiger partial charge < -0.3 is 10.6 Å². The lowest BCUT2D eigenvalue weighted by Gasteiger charge is -2.26. The predicted octanol–water partition coefficient (Wildman–Crippen LogP) is 2.88. The van der Waals surface area contributed by atoms with Crippen molar-refractivity contribution in [1.29, 1.82) is 0 Å². The Morgan fingerprint density at radius 1 is 1.56 bits per heavy atom. The van der Waals surface area contributed by atoms with E-state index in [9.17, 15) is 0 Å². The molecule has 0 unspecified atom stereocenters. The fourth-order valence-electron chi connectivity index (χ4n) is 1.34. The average Bonchev–Trinajstić information content (AvgIpc) is 2.67. The van der Waals surface area contributed by atoms with Crippen LogP contribution in [0.3, 0.4) is 0 Å². The van der Waals surface area contributed by atoms with Gasteiger partial charge in [-0.2, -0.15) is 0 Å². The maximum atomic E-state index is 5.71. The number of nitrogens with zero attached hydrogens (tertiary/aromatic N) is 1. The molecule has 16 heavy (non-hydrogen) atoms. The monoisotopic (exact) mass is 256 g/mol. The molecule has 90 valence electrons. The van der Waals surface area contributed by atoms with E-state index in [1.54, 1.807) is 11.3 Å². The maximum absolute atomic E-state index is 5.71. The third-order valence-corrected chi connectivity index (χ3v) is 4.21. The standard InChI is InChI=1S/C12H20N2S2/c1-12(2,11(13)15)6-7-14(3)9-10-5-4-8-16-10/h4-5,8H,6-7,9H2,1-3H3,(H2,13,15). The summed E-state index contributed by atoms with van der Waals surface area (Å²) in [5.41, 5.74) is 5.66. The molecule has 0 amide bonds. The number of rotatable bonds is 6. The second-order valence-electron chi connectivity index (χ2n) is 4.82. The van der Waals surface area contributed by atoms with E-state index in [0.29, 0.717) is 4.99 Å². The van der Waals surface area contributed by atoms with Crippen LogP contribution in [0.2, 0.25) is 0 Å². The summed E-state index contributed by atoms with van der Waals surface area (Å²) in [6.07, 6.45) is 1.00. The summed E-state index contributed by atoms with van der Waals surface area (Å²) in [7, 11) is 2.13. The Morgan fingerprint density at radius 3 is 2.75 bits per heavy atom. The van der Waals surface area contributed by atoms with Gasteiger partial charge in [0.1, 0.15) is 0 Å². The van der Waals surface area contributed by atoms with E-state index in [0.717, 1.165) is 19.5 Å². The van der Waals surface area contributed by atoms with Crippen LogP contribution in [0.25, 0.3) is 0 Å². The maximum Gasteiger partial charge on any atom is 0.0784 e. The van der Waals surface area contributed by atoms with Crippen LogP contribution in [0.5, 0.6) is 0 Å². The van der Waals surface area contributed by atoms with E-state index in [1.165, 1.54) is 4.88 Å². The smallest absolute Gasteiger partial charge is 0.0784 e. The van der Waals surface area contributed by atoms with E-state index < -0.39 is 0 Å². The molecule has 0 fully saturated rings. The Labute approximate surface area is 107 Å². The van der Waals surface area contributed by atoms with Crippen LogP contribution in [0.1, 0.15) is 25.1 Å². The molecule has 0 aromatic carbocycles. The Bertz CT molecular complexity index is 331. The fraction of sp³-hybridized carbons (Fsp3) is 0.583. The van der Waals surface area contributed by atoms with Gasteiger partial charge in [0, 0.05) is 16.8 Å². The first-order valence-corrected chi connectivity index (χ1v) is 6.71. The van der Waals surface area contributed by atoms with Crippen LogP contribution in [-0.2, 0) is 6.54 Å². The van der Waals surface area contributed by atoms with E-state index in [4.69, 9.17) is 18.0 Å². The highest BCUT2D eigenvalue weighted by Gasteiger charge is 2.21. The van der Waals surface area contributed by atoms with E-state index >= 15 is 0 Å². The SMILES string of the molecule is CN(CCC(C)(C)C(N)=S)Cc1cccs1. The van der Waals surface area contributed by atoms with Gasteiger partial charge in [0.15, 0.2) is 0 Å². The van der Waals surface area contributed by atoms with Gasteiger partial charge in [-0.25, -0.2) is 0 Å². The average molecular weight is 256 g/mol. The summed E-state index contributed by atoms with van der Waals surface area (Å²) in [6.45, 7) is 6.23. The number of thiophene rings is 1. The van der Waals surface area contributed by atoms with Crippen molar-refractivity contribution < 1.29 is 0 Å². The molecule has 1 rings (SSSR count). The fourth-order valence-corrected chi connectivity index (χ4v) is 2.23. The van der Waals surface area contributed by atoms with Gasteiger partial charge in [-0.15, -0.1) is 11.3 Å². The third-order valence-electron chi connectivity index (χ3n) is 2.79. The minimum Gasteiger partial charge on any atom is -0.393 e. The molecular formula is C12H20N2S2. The first-order chi connectivity index (χ1) is 7.42. The zero-order valence-electron chi connectivity index (χ0n) is 10.2. The highest BCUT2D eigenvalue weighted by atomic mass is 32.1. The first kappa shape index (κ1) is 13.6. The van der Waals surface area contributed by atoms with Crippen molar-refractivity contribution in [2.75, 3.05) is 13.6 Å². The van der Waals surface area contributed by atoms with Crippen molar-refractivity contribution in [1.82, 2.24) is 4.90 Å². The van der Waals surface area contributed by atoms with Gasteiger partial charge in [-0.3, -0.25) is 0 Å². The van der Waals surface area contributed by atoms with Crippen molar-refractivity contribution in [3.05, 3.63) is 22.4 Å². The molecule has 1 aromatic rings. The van der Waals surface area contributed by atoms with Crippen LogP contribution < -0.4 is 5.73 Å². The zero-order chi connectivity index (χ0) is 12.2. The minimum absolute atomic E-state index is 0.0426. The molecule has 0 saturated heterocycles. The van der Waals surface area contributed by atoms with Crippen molar-refractivity contribution in [3.8, 4) is 0 Å². The zero-order valence-corrected chi connectivity index (χ0v) is 11.8. The molecular weight excluding hydrogens is 236 g/mol. The normalized spacial score (nSPS) is 12.0. The molecule has 4 heteroatoms. The predicted molar refractivity (Wildman–Crippen MR) is 75.8 cm³/mol. The Kier molecular flexibility index (Phi) is 4.89. The number of nitrogens with two attached hydrogens (primary N) is 1. The van der Waals surface area contributed by atoms with E-state index in [2.05, 4.69) is 43.3 Å². The largest absolute Gasteiger partial charge is 0.393 e. The van der Waals surface area contributed by atoms with Gasteiger partial charge in [-0.1, -0.05) is 32.1 Å². The molecule has 0 saturated carbocycles. The van der Waals surface area contributed by atoms with Crippen molar-refractivity contribution >= 4 is 28.5 Å². The summed E-state index contributed by atoms with van der Waals surface area (Å²) in [5.74, 6) is 0. The summed E-state index contributed by atoms with van der Waals surface area (Å²) < 4.78 is 0. The first-order valence-electron chi connectivity index (χ1n) is 5.42. The molecule has 0 spiro atoms. The molecule has 2 nitrogen and oxygen atoms in total. The molecule has 0 atom stereocenters. The summed E-state index contributed by atoms with van der Waals surface area (Å²) in [4.78, 5) is 4.32. The summed E-state index contributed by atoms with van der Waals surface area (Å²) in [6, 6.07) is 4.26. The van der Waals surface area contributed by atoms with Gasteiger partial charge in [-0.05, 0) is 31.5 Å². The third kappa shape index (κ3) is 4.20. The lowest BCUT2D eigenvalue weighted by molar-refractivity contribution is 0.288. The molecule has 0 radical (unpaired) electrons. The highest BCUT2D eigenvalue weighted by molar-refractivity contribution is 7.80. The second kappa shape index (κ2) is 5.75. The van der Waals surface area contributed by atoms with Crippen LogP contribution >= 0.6 is 23.6 Å². The Morgan fingerprint density at radius 2 is 2.25 bits per heavy atom. The number of hydrogen-bond acceptors (Lipinski definition) is 3. The molecule has 0 aliphatic rings. The van der Waals surface area contributed by atoms with Gasteiger partial charge in [0.2, 0.25) is 0 Å². The molecule has 1 aromatic heterocycles. The van der Waals surface area contributed by atoms with Gasteiger partial charge in [0.05, 0.1) is 4.99 Å². The van der Waals surface area contributed by atoms with Crippen molar-refractivity contribution in [3.63, 3.8) is 0 Å². The minimum atomic E-state index is -0.0426. The second-order valence-corrected chi connectivity index (χ2v) is 6.29. The van der Waals surface area contributed by atoms with Crippen LogP contribution in [0.15, 0.2) is 17.5 Å². The van der Waals surface area contributed by atoms with Gasteiger partial charge in [0.25, 0.3) is 0 Å². The van der Waals surface area contributed by atoms with Crippen LogP contribution in [0.4, 0.5) is 0 Å². The lowest BCUT2D eigenvalue weighted by Crippen LogP contribution is -2.33. The Balaban J connectivity index is 2.35. The van der Waals surface area contributed by atoms with E-state index in [-0.39, 0.29) is 5.41 Å². The lowest BCUT2D eigenvalue weighted by atomic mass is 9.89. The van der Waals surface area contributed by atoms with Crippen LogP contribution in [-0.4, -0.2) is 23.5 Å². The molecule has 2 N–H and O–H groups in total. The number of thiocarbonyl (C=S) groups is 1. The molecule has 1 heterocycles. The van der Waals surface area contributed by atoms with E-state index in [1.807, 2.05) is 0 Å². The summed E-state index contributed by atoms with van der Waals surface area (Å²) >= 11 is 6.86. The number of hydrogen-bond donors (Lipinski definition) is 1. The van der Waals surface area contributed by atoms with Gasteiger partial charge >= 0.3 is 0 Å². The van der Waals surface area contributed by atoms with Crippen molar-refractivity contribution in [2.24, 2.45) is 11.1 Å². The highest BCUT2D eigenvalue weighted by Crippen LogP contribution is 2.21.